The van der Waals surface area contributed by atoms with Crippen LogP contribution in [0.25, 0.3) is 11.0 Å². The summed E-state index contributed by atoms with van der Waals surface area (Å²) in [6.07, 6.45) is 1.96. The molecule has 3 aliphatic heterocycles. The molecule has 2 atom stereocenters. The molecule has 1 fully saturated rings. The Morgan fingerprint density at radius 2 is 2.19 bits per heavy atom. The number of benzene rings is 1. The third-order valence-electron chi connectivity index (χ3n) is 6.57. The normalized spacial score (nSPS) is 20.5. The highest BCUT2D eigenvalue weighted by atomic mass is 32.2. The van der Waals surface area contributed by atoms with E-state index in [2.05, 4.69) is 20.6 Å². The van der Waals surface area contributed by atoms with E-state index in [4.69, 9.17) is 14.2 Å². The number of pyridine rings is 2. The molecule has 2 amide bonds. The van der Waals surface area contributed by atoms with E-state index in [0.717, 1.165) is 45.9 Å². The Bertz CT molecular complexity index is 1350. The fourth-order valence-corrected chi connectivity index (χ4v) is 5.58. The molecule has 0 unspecified atom stereocenters. The molecule has 0 radical (unpaired) electrons. The Morgan fingerprint density at radius 3 is 3.08 bits per heavy atom. The molecule has 1 aromatic carbocycles. The van der Waals surface area contributed by atoms with Crippen LogP contribution in [-0.4, -0.2) is 67.2 Å². The van der Waals surface area contributed by atoms with Crippen molar-refractivity contribution >= 4 is 46.2 Å². The average Bonchev–Trinajstić information content (AvgIpc) is 3.49. The van der Waals surface area contributed by atoms with Crippen molar-refractivity contribution in [3.05, 3.63) is 42.1 Å². The van der Waals surface area contributed by atoms with Crippen molar-refractivity contribution in [2.45, 2.75) is 23.3 Å². The summed E-state index contributed by atoms with van der Waals surface area (Å²) in [7, 11) is 1.60. The summed E-state index contributed by atoms with van der Waals surface area (Å²) in [6.45, 7) is 2.30. The van der Waals surface area contributed by atoms with Crippen molar-refractivity contribution in [2.24, 2.45) is 0 Å². The number of cyclic esters (lactones) is 1. The smallest absolute Gasteiger partial charge is 0.414 e. The molecule has 5 heterocycles. The maximum absolute atomic E-state index is 12.5. The first kappa shape index (κ1) is 22.9. The van der Waals surface area contributed by atoms with Gasteiger partial charge in [-0.05, 0) is 37.2 Å². The highest BCUT2D eigenvalue weighted by Crippen LogP contribution is 2.40. The molecule has 11 heteroatoms. The van der Waals surface area contributed by atoms with Crippen LogP contribution < -0.4 is 25.0 Å². The van der Waals surface area contributed by atoms with Crippen LogP contribution >= 0.6 is 11.8 Å². The van der Waals surface area contributed by atoms with Crippen molar-refractivity contribution in [3.8, 4) is 11.6 Å². The third kappa shape index (κ3) is 4.28. The first-order chi connectivity index (χ1) is 17.6. The molecular weight excluding hydrogens is 482 g/mol. The van der Waals surface area contributed by atoms with E-state index < -0.39 is 0 Å². The average molecular weight is 508 g/mol. The lowest BCUT2D eigenvalue weighted by atomic mass is 9.97. The summed E-state index contributed by atoms with van der Waals surface area (Å²) < 4.78 is 16.7. The number of hydrogen-bond acceptors (Lipinski definition) is 9. The SMILES string of the molecule is COc1ccc2ncc3c(c2n1)[C@H](CCNC[C@@H]1CN(c2ccc4c(c2)NC(=O)CS4)C(=O)O1)CO3. The number of methoxy groups -OCH3 is 1. The van der Waals surface area contributed by atoms with E-state index in [0.29, 0.717) is 37.0 Å². The van der Waals surface area contributed by atoms with Crippen molar-refractivity contribution in [1.82, 2.24) is 15.3 Å². The molecule has 36 heavy (non-hydrogen) atoms. The summed E-state index contributed by atoms with van der Waals surface area (Å²) >= 11 is 1.49. The molecule has 0 spiro atoms. The highest BCUT2D eigenvalue weighted by Gasteiger charge is 2.33. The van der Waals surface area contributed by atoms with E-state index >= 15 is 0 Å². The monoisotopic (exact) mass is 507 g/mol. The Kier molecular flexibility index (Phi) is 6.02. The van der Waals surface area contributed by atoms with Crippen LogP contribution in [0.3, 0.4) is 0 Å². The van der Waals surface area contributed by atoms with E-state index in [1.807, 2.05) is 24.3 Å². The van der Waals surface area contributed by atoms with E-state index in [-0.39, 0.29) is 24.0 Å². The number of rotatable bonds is 7. The number of anilines is 2. The molecule has 0 bridgehead atoms. The van der Waals surface area contributed by atoms with Gasteiger partial charge in [-0.2, -0.15) is 0 Å². The molecule has 10 nitrogen and oxygen atoms in total. The lowest BCUT2D eigenvalue weighted by Crippen LogP contribution is -2.32. The van der Waals surface area contributed by atoms with Crippen LogP contribution in [0.4, 0.5) is 16.2 Å². The quantitative estimate of drug-likeness (QED) is 0.465. The fourth-order valence-electron chi connectivity index (χ4n) is 4.79. The second-order valence-corrected chi connectivity index (χ2v) is 9.91. The zero-order valence-electron chi connectivity index (χ0n) is 19.7. The number of hydrogen-bond donors (Lipinski definition) is 2. The zero-order valence-corrected chi connectivity index (χ0v) is 20.5. The Morgan fingerprint density at radius 1 is 1.28 bits per heavy atom. The number of nitrogens with one attached hydrogen (secondary N) is 2. The summed E-state index contributed by atoms with van der Waals surface area (Å²) in [6, 6.07) is 9.36. The largest absolute Gasteiger partial charge is 0.491 e. The summed E-state index contributed by atoms with van der Waals surface area (Å²) in [5.41, 5.74) is 4.15. The van der Waals surface area contributed by atoms with Crippen LogP contribution in [0.1, 0.15) is 17.9 Å². The zero-order chi connectivity index (χ0) is 24.6. The summed E-state index contributed by atoms with van der Waals surface area (Å²) in [4.78, 5) is 35.9. The molecule has 3 aliphatic rings. The van der Waals surface area contributed by atoms with Crippen molar-refractivity contribution < 1.29 is 23.8 Å². The minimum absolute atomic E-state index is 0.0369. The van der Waals surface area contributed by atoms with Crippen molar-refractivity contribution in [2.75, 3.05) is 49.3 Å². The van der Waals surface area contributed by atoms with Crippen LogP contribution in [0.2, 0.25) is 0 Å². The molecule has 186 valence electrons. The van der Waals surface area contributed by atoms with Crippen LogP contribution in [0.15, 0.2) is 41.4 Å². The molecule has 0 saturated carbocycles. The second-order valence-electron chi connectivity index (χ2n) is 8.89. The molecular formula is C25H25N5O5S. The van der Waals surface area contributed by atoms with Gasteiger partial charge in [-0.25, -0.2) is 9.78 Å². The van der Waals surface area contributed by atoms with Gasteiger partial charge >= 0.3 is 6.09 Å². The maximum atomic E-state index is 12.5. The lowest BCUT2D eigenvalue weighted by molar-refractivity contribution is -0.113. The number of fused-ring (bicyclic) bond motifs is 4. The predicted octanol–water partition coefficient (Wildman–Crippen LogP) is 3.16. The number of carbonyl (C=O) groups is 2. The van der Waals surface area contributed by atoms with Gasteiger partial charge in [-0.15, -0.1) is 11.8 Å². The number of thioether (sulfide) groups is 1. The maximum Gasteiger partial charge on any atom is 0.414 e. The van der Waals surface area contributed by atoms with Gasteiger partial charge in [0.05, 0.1) is 43.4 Å². The predicted molar refractivity (Wildman–Crippen MR) is 135 cm³/mol. The van der Waals surface area contributed by atoms with E-state index in [1.54, 1.807) is 24.3 Å². The Balaban J connectivity index is 1.05. The van der Waals surface area contributed by atoms with Gasteiger partial charge in [-0.1, -0.05) is 0 Å². The van der Waals surface area contributed by atoms with Crippen molar-refractivity contribution in [3.63, 3.8) is 0 Å². The molecule has 1 saturated heterocycles. The Labute approximate surface area is 211 Å². The highest BCUT2D eigenvalue weighted by molar-refractivity contribution is 8.00. The second kappa shape index (κ2) is 9.47. The van der Waals surface area contributed by atoms with Crippen LogP contribution in [-0.2, 0) is 9.53 Å². The number of amides is 2. The summed E-state index contributed by atoms with van der Waals surface area (Å²) in [5.74, 6) is 1.87. The lowest BCUT2D eigenvalue weighted by Gasteiger charge is -2.20. The molecule has 0 aliphatic carbocycles. The van der Waals surface area contributed by atoms with E-state index in [9.17, 15) is 9.59 Å². The van der Waals surface area contributed by atoms with Gasteiger partial charge in [-0.3, -0.25) is 14.7 Å². The molecule has 3 aromatic rings. The molecule has 2 N–H and O–H groups in total. The molecule has 2 aromatic heterocycles. The first-order valence-corrected chi connectivity index (χ1v) is 12.8. The number of aromatic nitrogens is 2. The van der Waals surface area contributed by atoms with Gasteiger partial charge < -0.3 is 24.8 Å². The van der Waals surface area contributed by atoms with Gasteiger partial charge in [0.15, 0.2) is 0 Å². The minimum Gasteiger partial charge on any atom is -0.491 e. The third-order valence-corrected chi connectivity index (χ3v) is 7.64. The number of carbonyl (C=O) groups excluding carboxylic acids is 2. The number of nitrogens with zero attached hydrogens (tertiary/aromatic N) is 3. The summed E-state index contributed by atoms with van der Waals surface area (Å²) in [5, 5.41) is 6.29. The topological polar surface area (TPSA) is 115 Å². The molecule has 6 rings (SSSR count). The van der Waals surface area contributed by atoms with Crippen molar-refractivity contribution in [1.29, 1.82) is 0 Å². The van der Waals surface area contributed by atoms with Gasteiger partial charge in [0.25, 0.3) is 0 Å². The standard InChI is InChI=1S/C25H25N5O5S/c1-33-22-5-3-17-24(29-22)23-14(12-34-19(23)10-27-17)6-7-26-9-16-11-30(25(32)35-16)15-2-4-20-18(8-15)28-21(31)13-36-20/h2-5,8,10,14,16,26H,6-7,9,11-13H2,1H3,(H,28,31)/t14-,16-/m1/s1. The fraction of sp³-hybridized carbons (Fsp3) is 0.360. The minimum atomic E-state index is -0.381. The first-order valence-electron chi connectivity index (χ1n) is 11.8. The Hall–Kier alpha value is -3.57. The van der Waals surface area contributed by atoms with Gasteiger partial charge in [0, 0.05) is 34.7 Å². The van der Waals surface area contributed by atoms with Gasteiger partial charge in [0.2, 0.25) is 11.8 Å². The van der Waals surface area contributed by atoms with Crippen LogP contribution in [0.5, 0.6) is 11.6 Å². The number of ether oxygens (including phenoxy) is 3. The van der Waals surface area contributed by atoms with Crippen LogP contribution in [0, 0.1) is 0 Å². The van der Waals surface area contributed by atoms with E-state index in [1.165, 1.54) is 11.8 Å². The van der Waals surface area contributed by atoms with Gasteiger partial charge in [0.1, 0.15) is 17.4 Å².